The molecular formula is C12H19ClN4O2S. The van der Waals surface area contributed by atoms with E-state index in [9.17, 15) is 8.42 Å². The summed E-state index contributed by atoms with van der Waals surface area (Å²) in [5.41, 5.74) is 5.49. The fraction of sp³-hybridized carbons (Fsp3) is 0.583. The highest BCUT2D eigenvalue weighted by Crippen LogP contribution is 2.22. The van der Waals surface area contributed by atoms with Crippen molar-refractivity contribution in [2.24, 2.45) is 0 Å². The second-order valence-corrected chi connectivity index (χ2v) is 7.33. The highest BCUT2D eigenvalue weighted by molar-refractivity contribution is 7.89. The van der Waals surface area contributed by atoms with Crippen LogP contribution in [0.25, 0.3) is 0 Å². The molecule has 0 spiro atoms. The summed E-state index contributed by atoms with van der Waals surface area (Å²) in [5.74, 6) is 0.124. The van der Waals surface area contributed by atoms with Crippen molar-refractivity contribution in [3.63, 3.8) is 0 Å². The molecule has 3 N–H and O–H groups in total. The number of pyridine rings is 1. The summed E-state index contributed by atoms with van der Waals surface area (Å²) in [7, 11) is -1.57. The Kier molecular flexibility index (Phi) is 4.53. The van der Waals surface area contributed by atoms with Crippen molar-refractivity contribution in [1.82, 2.24) is 14.6 Å². The topological polar surface area (TPSA) is 88.3 Å². The number of sulfonamides is 1. The summed E-state index contributed by atoms with van der Waals surface area (Å²) in [5, 5.41) is 0.143. The molecule has 0 aliphatic carbocycles. The summed E-state index contributed by atoms with van der Waals surface area (Å²) < 4.78 is 27.3. The largest absolute Gasteiger partial charge is 0.382 e. The van der Waals surface area contributed by atoms with Crippen molar-refractivity contribution in [1.29, 1.82) is 0 Å². The van der Waals surface area contributed by atoms with Crippen LogP contribution in [-0.2, 0) is 10.0 Å². The van der Waals surface area contributed by atoms with Gasteiger partial charge in [0, 0.05) is 18.3 Å². The van der Waals surface area contributed by atoms with Crippen LogP contribution < -0.4 is 10.5 Å². The van der Waals surface area contributed by atoms with Gasteiger partial charge in [-0.05, 0) is 39.4 Å². The van der Waals surface area contributed by atoms with Gasteiger partial charge in [0.2, 0.25) is 10.0 Å². The number of hydrogen-bond acceptors (Lipinski definition) is 5. The number of aromatic nitrogens is 1. The van der Waals surface area contributed by atoms with Crippen LogP contribution in [0.4, 0.5) is 5.82 Å². The Morgan fingerprint density at radius 1 is 1.55 bits per heavy atom. The van der Waals surface area contributed by atoms with Gasteiger partial charge in [-0.2, -0.15) is 0 Å². The molecule has 1 aliphatic rings. The molecule has 8 heteroatoms. The van der Waals surface area contributed by atoms with E-state index in [0.717, 1.165) is 19.4 Å². The summed E-state index contributed by atoms with van der Waals surface area (Å²) in [6.45, 7) is 2.96. The van der Waals surface area contributed by atoms with E-state index in [0.29, 0.717) is 6.04 Å². The predicted octanol–water partition coefficient (Wildman–Crippen LogP) is 1.08. The smallest absolute Gasteiger partial charge is 0.242 e. The standard InChI is InChI=1S/C12H19ClN4O2S/c1-8-5-9(3-4-17(8)2)16-20(18,19)10-6-11(13)12(14)15-7-10/h6-9,16H,3-5H2,1-2H3,(H2,14,15). The second-order valence-electron chi connectivity index (χ2n) is 5.21. The highest BCUT2D eigenvalue weighted by Gasteiger charge is 2.27. The molecule has 0 aromatic carbocycles. The molecular weight excluding hydrogens is 300 g/mol. The van der Waals surface area contributed by atoms with Crippen LogP contribution in [0.5, 0.6) is 0 Å². The lowest BCUT2D eigenvalue weighted by atomic mass is 10.0. The van der Waals surface area contributed by atoms with Crippen LogP contribution in [0.2, 0.25) is 5.02 Å². The molecule has 1 saturated heterocycles. The number of nitrogens with one attached hydrogen (secondary N) is 1. The van der Waals surface area contributed by atoms with Gasteiger partial charge in [-0.3, -0.25) is 0 Å². The highest BCUT2D eigenvalue weighted by atomic mass is 35.5. The van der Waals surface area contributed by atoms with Gasteiger partial charge < -0.3 is 10.6 Å². The first-order valence-electron chi connectivity index (χ1n) is 6.43. The SMILES string of the molecule is CC1CC(NS(=O)(=O)c2cnc(N)c(Cl)c2)CCN1C. The van der Waals surface area contributed by atoms with Gasteiger partial charge in [0.05, 0.1) is 5.02 Å². The maximum atomic E-state index is 12.3. The molecule has 6 nitrogen and oxygen atoms in total. The maximum absolute atomic E-state index is 12.3. The number of halogens is 1. The van der Waals surface area contributed by atoms with E-state index >= 15 is 0 Å². The number of piperidine rings is 1. The monoisotopic (exact) mass is 318 g/mol. The molecule has 0 saturated carbocycles. The first-order valence-corrected chi connectivity index (χ1v) is 8.29. The van der Waals surface area contributed by atoms with E-state index in [2.05, 4.69) is 21.5 Å². The number of nitrogen functional groups attached to an aromatic ring is 1. The molecule has 2 atom stereocenters. The van der Waals surface area contributed by atoms with Gasteiger partial charge in [-0.25, -0.2) is 18.1 Å². The molecule has 0 radical (unpaired) electrons. The second kappa shape index (κ2) is 5.85. The number of rotatable bonds is 3. The number of nitrogens with zero attached hydrogens (tertiary/aromatic N) is 2. The molecule has 0 bridgehead atoms. The van der Waals surface area contributed by atoms with Crippen molar-refractivity contribution >= 4 is 27.4 Å². The minimum Gasteiger partial charge on any atom is -0.382 e. The average molecular weight is 319 g/mol. The van der Waals surface area contributed by atoms with E-state index < -0.39 is 10.0 Å². The third kappa shape index (κ3) is 3.41. The van der Waals surface area contributed by atoms with Gasteiger partial charge in [0.15, 0.2) is 0 Å². The van der Waals surface area contributed by atoms with Gasteiger partial charge in [-0.15, -0.1) is 0 Å². The van der Waals surface area contributed by atoms with E-state index in [1.165, 1.54) is 12.3 Å². The molecule has 1 aromatic heterocycles. The minimum absolute atomic E-state index is 0.0447. The van der Waals surface area contributed by atoms with E-state index in [1.54, 1.807) is 0 Å². The van der Waals surface area contributed by atoms with Crippen LogP contribution in [-0.4, -0.2) is 44.0 Å². The van der Waals surface area contributed by atoms with Gasteiger partial charge in [-0.1, -0.05) is 11.6 Å². The third-order valence-electron chi connectivity index (χ3n) is 3.69. The summed E-state index contributed by atoms with van der Waals surface area (Å²) in [4.78, 5) is 6.04. The predicted molar refractivity (Wildman–Crippen MR) is 79.1 cm³/mol. The molecule has 1 fully saturated rings. The normalized spacial score (nSPS) is 24.8. The third-order valence-corrected chi connectivity index (χ3v) is 5.48. The zero-order chi connectivity index (χ0) is 14.9. The van der Waals surface area contributed by atoms with Crippen molar-refractivity contribution in [3.05, 3.63) is 17.3 Å². The van der Waals surface area contributed by atoms with Gasteiger partial charge in [0.1, 0.15) is 10.7 Å². The Hall–Kier alpha value is -0.890. The van der Waals surface area contributed by atoms with Crippen LogP contribution in [0, 0.1) is 0 Å². The van der Waals surface area contributed by atoms with Gasteiger partial charge >= 0.3 is 0 Å². The molecule has 1 aromatic rings. The quantitative estimate of drug-likeness (QED) is 0.870. The molecule has 0 amide bonds. The van der Waals surface area contributed by atoms with Crippen LogP contribution in [0.1, 0.15) is 19.8 Å². The number of hydrogen-bond donors (Lipinski definition) is 2. The van der Waals surface area contributed by atoms with Crippen LogP contribution in [0.3, 0.4) is 0 Å². The zero-order valence-corrected chi connectivity index (χ0v) is 13.1. The molecule has 20 heavy (non-hydrogen) atoms. The lowest BCUT2D eigenvalue weighted by Crippen LogP contribution is -2.47. The lowest BCUT2D eigenvalue weighted by Gasteiger charge is -2.35. The Morgan fingerprint density at radius 3 is 2.85 bits per heavy atom. The van der Waals surface area contributed by atoms with Crippen molar-refractivity contribution in [2.75, 3.05) is 19.3 Å². The van der Waals surface area contributed by atoms with Crippen molar-refractivity contribution < 1.29 is 8.42 Å². The van der Waals surface area contributed by atoms with Crippen LogP contribution >= 0.6 is 11.6 Å². The Morgan fingerprint density at radius 2 is 2.25 bits per heavy atom. The molecule has 112 valence electrons. The van der Waals surface area contributed by atoms with E-state index in [4.69, 9.17) is 17.3 Å². The number of nitrogens with two attached hydrogens (primary N) is 1. The molecule has 2 unspecified atom stereocenters. The van der Waals surface area contributed by atoms with Crippen molar-refractivity contribution in [2.45, 2.75) is 36.7 Å². The fourth-order valence-electron chi connectivity index (χ4n) is 2.26. The van der Waals surface area contributed by atoms with Crippen LogP contribution in [0.15, 0.2) is 17.2 Å². The Labute approximate surface area is 124 Å². The number of likely N-dealkylation sites (tertiary alicyclic amines) is 1. The molecule has 2 heterocycles. The average Bonchev–Trinajstić information content (AvgIpc) is 2.37. The number of anilines is 1. The first kappa shape index (κ1) is 15.5. The Bertz CT molecular complexity index is 593. The maximum Gasteiger partial charge on any atom is 0.242 e. The zero-order valence-electron chi connectivity index (χ0n) is 11.5. The minimum atomic E-state index is -3.61. The van der Waals surface area contributed by atoms with E-state index in [1.807, 2.05) is 7.05 Å². The summed E-state index contributed by atoms with van der Waals surface area (Å²) in [6.07, 6.45) is 2.80. The summed E-state index contributed by atoms with van der Waals surface area (Å²) >= 11 is 5.82. The fourth-order valence-corrected chi connectivity index (χ4v) is 3.75. The molecule has 2 rings (SSSR count). The Balaban J connectivity index is 2.13. The first-order chi connectivity index (χ1) is 9.29. The molecule has 1 aliphatic heterocycles. The lowest BCUT2D eigenvalue weighted by molar-refractivity contribution is 0.178. The summed E-state index contributed by atoms with van der Waals surface area (Å²) in [6, 6.07) is 1.61. The van der Waals surface area contributed by atoms with Gasteiger partial charge in [0.25, 0.3) is 0 Å². The van der Waals surface area contributed by atoms with E-state index in [-0.39, 0.29) is 21.8 Å². The van der Waals surface area contributed by atoms with Crippen molar-refractivity contribution in [3.8, 4) is 0 Å².